The predicted octanol–water partition coefficient (Wildman–Crippen LogP) is 5.28. The monoisotopic (exact) mass is 569 g/mol. The number of benzene rings is 2. The van der Waals surface area contributed by atoms with Gasteiger partial charge < -0.3 is 10.2 Å². The molecule has 1 atom stereocenters. The van der Waals surface area contributed by atoms with Crippen molar-refractivity contribution in [2.75, 3.05) is 23.7 Å². The molecule has 7 nitrogen and oxygen atoms in total. The predicted molar refractivity (Wildman–Crippen MR) is 147 cm³/mol. The number of alkyl halides is 3. The van der Waals surface area contributed by atoms with Gasteiger partial charge in [0.1, 0.15) is 6.04 Å². The summed E-state index contributed by atoms with van der Waals surface area (Å²) in [4.78, 5) is 27.9. The maximum absolute atomic E-state index is 13.4. The van der Waals surface area contributed by atoms with Gasteiger partial charge in [-0.1, -0.05) is 56.2 Å². The van der Waals surface area contributed by atoms with E-state index < -0.39 is 27.8 Å². The molecule has 0 radical (unpaired) electrons. The van der Waals surface area contributed by atoms with Crippen molar-refractivity contribution in [3.63, 3.8) is 0 Å². The topological polar surface area (TPSA) is 86.8 Å². The summed E-state index contributed by atoms with van der Waals surface area (Å²) < 4.78 is 65.4. The van der Waals surface area contributed by atoms with Crippen LogP contribution in [0.5, 0.6) is 0 Å². The van der Waals surface area contributed by atoms with Gasteiger partial charge in [-0.2, -0.15) is 13.2 Å². The fourth-order valence-electron chi connectivity index (χ4n) is 4.27. The molecule has 0 fully saturated rings. The van der Waals surface area contributed by atoms with Crippen molar-refractivity contribution in [3.05, 3.63) is 65.2 Å². The van der Waals surface area contributed by atoms with Gasteiger partial charge in [0.15, 0.2) is 0 Å². The molecule has 0 heterocycles. The Morgan fingerprint density at radius 3 is 2.31 bits per heavy atom. The highest BCUT2D eigenvalue weighted by molar-refractivity contribution is 7.92. The average molecular weight is 570 g/mol. The van der Waals surface area contributed by atoms with Crippen LogP contribution in [0.25, 0.3) is 0 Å². The third kappa shape index (κ3) is 9.87. The number of sulfonamides is 1. The van der Waals surface area contributed by atoms with Crippen LogP contribution < -0.4 is 9.62 Å². The maximum atomic E-state index is 13.4. The van der Waals surface area contributed by atoms with Crippen molar-refractivity contribution in [1.82, 2.24) is 10.2 Å². The van der Waals surface area contributed by atoms with Crippen LogP contribution >= 0.6 is 0 Å². The molecule has 1 unspecified atom stereocenters. The highest BCUT2D eigenvalue weighted by atomic mass is 32.2. The molecule has 2 aromatic rings. The standard InChI is InChI=1S/C28H38F3N3O4S/c1-5-7-16-32-27(36)25(6-2)33(20-22-12-8-11-21(3)18-22)26(35)15-10-17-34(39(4,37)38)24-14-9-13-23(19-24)28(29,30)31/h8-9,11-14,18-19,25H,5-7,10,15-17,20H2,1-4H3,(H,32,36). The van der Waals surface area contributed by atoms with Crippen molar-refractivity contribution in [2.45, 2.75) is 71.6 Å². The first-order valence-electron chi connectivity index (χ1n) is 13.1. The van der Waals surface area contributed by atoms with E-state index in [0.717, 1.165) is 52.7 Å². The van der Waals surface area contributed by atoms with Crippen LogP contribution in [0.2, 0.25) is 0 Å². The second-order valence-corrected chi connectivity index (χ2v) is 11.5. The van der Waals surface area contributed by atoms with Gasteiger partial charge in [-0.15, -0.1) is 0 Å². The van der Waals surface area contributed by atoms with Gasteiger partial charge in [0.2, 0.25) is 21.8 Å². The fourth-order valence-corrected chi connectivity index (χ4v) is 5.23. The summed E-state index contributed by atoms with van der Waals surface area (Å²) >= 11 is 0. The summed E-state index contributed by atoms with van der Waals surface area (Å²) in [7, 11) is -3.92. The number of rotatable bonds is 14. The van der Waals surface area contributed by atoms with E-state index in [9.17, 15) is 31.2 Å². The van der Waals surface area contributed by atoms with Crippen LogP contribution in [-0.2, 0) is 32.3 Å². The summed E-state index contributed by atoms with van der Waals surface area (Å²) in [6.07, 6.45) is -1.65. The van der Waals surface area contributed by atoms with Gasteiger partial charge in [0, 0.05) is 26.1 Å². The number of hydrogen-bond donors (Lipinski definition) is 1. The first-order chi connectivity index (χ1) is 18.3. The number of amides is 2. The lowest BCUT2D eigenvalue weighted by molar-refractivity contribution is -0.141. The Hall–Kier alpha value is -3.08. The highest BCUT2D eigenvalue weighted by Gasteiger charge is 2.32. The van der Waals surface area contributed by atoms with Crippen molar-refractivity contribution in [3.8, 4) is 0 Å². The van der Waals surface area contributed by atoms with Crippen LogP contribution in [0.15, 0.2) is 48.5 Å². The molecule has 0 aliphatic carbocycles. The SMILES string of the molecule is CCCCNC(=O)C(CC)N(Cc1cccc(C)c1)C(=O)CCCN(c1cccc(C(F)(F)F)c1)S(C)(=O)=O. The average Bonchev–Trinajstić information content (AvgIpc) is 2.85. The number of hydrogen-bond acceptors (Lipinski definition) is 4. The lowest BCUT2D eigenvalue weighted by atomic mass is 10.1. The van der Waals surface area contributed by atoms with E-state index in [0.29, 0.717) is 13.0 Å². The number of nitrogens with zero attached hydrogens (tertiary/aromatic N) is 2. The molecular weight excluding hydrogens is 531 g/mol. The fraction of sp³-hybridized carbons (Fsp3) is 0.500. The number of nitrogens with one attached hydrogen (secondary N) is 1. The molecule has 0 aromatic heterocycles. The molecule has 0 aliphatic heterocycles. The summed E-state index contributed by atoms with van der Waals surface area (Å²) in [6.45, 7) is 6.26. The lowest BCUT2D eigenvalue weighted by Gasteiger charge is -2.31. The highest BCUT2D eigenvalue weighted by Crippen LogP contribution is 2.32. The molecule has 0 bridgehead atoms. The third-order valence-corrected chi connectivity index (χ3v) is 7.46. The molecule has 0 saturated carbocycles. The first-order valence-corrected chi connectivity index (χ1v) is 14.9. The summed E-state index contributed by atoms with van der Waals surface area (Å²) in [5, 5.41) is 2.89. The minimum Gasteiger partial charge on any atom is -0.354 e. The summed E-state index contributed by atoms with van der Waals surface area (Å²) in [5.41, 5.74) is 0.766. The Bertz CT molecular complexity index is 1220. The Morgan fingerprint density at radius 1 is 1.03 bits per heavy atom. The van der Waals surface area contributed by atoms with Gasteiger partial charge in [-0.3, -0.25) is 13.9 Å². The number of aryl methyl sites for hydroxylation is 1. The summed E-state index contributed by atoms with van der Waals surface area (Å²) in [6, 6.07) is 11.0. The minimum absolute atomic E-state index is 0.0559. The van der Waals surface area contributed by atoms with Crippen LogP contribution in [0, 0.1) is 6.92 Å². The zero-order valence-corrected chi connectivity index (χ0v) is 23.7. The molecular formula is C28H38F3N3O4S. The number of unbranched alkanes of at least 4 members (excludes halogenated alkanes) is 1. The normalized spacial score (nSPS) is 12.6. The van der Waals surface area contributed by atoms with E-state index in [2.05, 4.69) is 5.32 Å². The smallest absolute Gasteiger partial charge is 0.354 e. The van der Waals surface area contributed by atoms with E-state index in [1.807, 2.05) is 45.0 Å². The van der Waals surface area contributed by atoms with Gasteiger partial charge in [0.25, 0.3) is 0 Å². The molecule has 1 N–H and O–H groups in total. The molecule has 0 spiro atoms. The molecule has 0 aliphatic rings. The second-order valence-electron chi connectivity index (χ2n) is 9.57. The van der Waals surface area contributed by atoms with E-state index in [4.69, 9.17) is 0 Å². The van der Waals surface area contributed by atoms with Gasteiger partial charge in [0.05, 0.1) is 17.5 Å². The van der Waals surface area contributed by atoms with Crippen molar-refractivity contribution in [1.29, 1.82) is 0 Å². The molecule has 39 heavy (non-hydrogen) atoms. The molecule has 2 amide bonds. The van der Waals surface area contributed by atoms with Crippen molar-refractivity contribution >= 4 is 27.5 Å². The zero-order valence-electron chi connectivity index (χ0n) is 22.9. The lowest BCUT2D eigenvalue weighted by Crippen LogP contribution is -2.49. The number of anilines is 1. The van der Waals surface area contributed by atoms with E-state index >= 15 is 0 Å². The van der Waals surface area contributed by atoms with Crippen LogP contribution in [0.3, 0.4) is 0 Å². The largest absolute Gasteiger partial charge is 0.416 e. The van der Waals surface area contributed by atoms with Crippen LogP contribution in [0.4, 0.5) is 18.9 Å². The number of carbonyl (C=O) groups excluding carboxylic acids is 2. The second kappa shape index (κ2) is 14.3. The minimum atomic E-state index is -4.63. The third-order valence-electron chi connectivity index (χ3n) is 6.26. The van der Waals surface area contributed by atoms with Crippen LogP contribution in [0.1, 0.15) is 62.6 Å². The Balaban J connectivity index is 2.24. The Kier molecular flexibility index (Phi) is 11.8. The van der Waals surface area contributed by atoms with E-state index in [-0.39, 0.29) is 43.4 Å². The maximum Gasteiger partial charge on any atom is 0.416 e. The Morgan fingerprint density at radius 2 is 1.72 bits per heavy atom. The van der Waals surface area contributed by atoms with Crippen molar-refractivity contribution < 1.29 is 31.2 Å². The molecule has 11 heteroatoms. The molecule has 2 rings (SSSR count). The summed E-state index contributed by atoms with van der Waals surface area (Å²) in [5.74, 6) is -0.597. The van der Waals surface area contributed by atoms with Gasteiger partial charge in [-0.25, -0.2) is 8.42 Å². The van der Waals surface area contributed by atoms with Crippen molar-refractivity contribution in [2.24, 2.45) is 0 Å². The molecule has 2 aromatic carbocycles. The van der Waals surface area contributed by atoms with Crippen LogP contribution in [-0.4, -0.2) is 50.5 Å². The Labute approximate surface area is 229 Å². The van der Waals surface area contributed by atoms with Gasteiger partial charge >= 0.3 is 6.18 Å². The molecule has 0 saturated heterocycles. The van der Waals surface area contributed by atoms with Gasteiger partial charge in [-0.05, 0) is 49.9 Å². The number of carbonyl (C=O) groups is 2. The number of halogens is 3. The molecule has 216 valence electrons. The van der Waals surface area contributed by atoms with E-state index in [1.165, 1.54) is 11.0 Å². The zero-order chi connectivity index (χ0) is 29.2. The van der Waals surface area contributed by atoms with E-state index in [1.54, 1.807) is 0 Å². The quantitative estimate of drug-likeness (QED) is 0.314. The first kappa shape index (κ1) is 32.1.